The summed E-state index contributed by atoms with van der Waals surface area (Å²) < 4.78 is 19.7. The van der Waals surface area contributed by atoms with Gasteiger partial charge in [-0.2, -0.15) is 0 Å². The Hall–Kier alpha value is -2.80. The Labute approximate surface area is 151 Å². The Bertz CT molecular complexity index is 805. The van der Waals surface area contributed by atoms with Crippen molar-refractivity contribution in [1.82, 2.24) is 0 Å². The van der Waals surface area contributed by atoms with Crippen LogP contribution >= 0.6 is 0 Å². The minimum atomic E-state index is -0.293. The van der Waals surface area contributed by atoms with Crippen molar-refractivity contribution in [2.45, 2.75) is 13.5 Å². The van der Waals surface area contributed by atoms with E-state index in [4.69, 9.17) is 9.94 Å². The van der Waals surface area contributed by atoms with Crippen LogP contribution in [-0.2, 0) is 11.3 Å². The van der Waals surface area contributed by atoms with Crippen molar-refractivity contribution in [1.29, 1.82) is 0 Å². The van der Waals surface area contributed by atoms with Crippen molar-refractivity contribution < 1.29 is 19.4 Å². The smallest absolute Gasteiger partial charge is 0.148 e. The molecule has 0 aliphatic carbocycles. The van der Waals surface area contributed by atoms with E-state index in [0.29, 0.717) is 55.3 Å². The molecule has 1 saturated heterocycles. The summed E-state index contributed by atoms with van der Waals surface area (Å²) in [7, 11) is 0. The van der Waals surface area contributed by atoms with Gasteiger partial charge >= 0.3 is 0 Å². The molecular weight excluding hydrogens is 337 g/mol. The molecule has 1 aliphatic rings. The third-order valence-electron chi connectivity index (χ3n) is 4.34. The largest absolute Gasteiger partial charge is 0.507 e. The van der Waals surface area contributed by atoms with Crippen LogP contribution < -0.4 is 10.2 Å². The number of aryl methyl sites for hydroxylation is 1. The highest BCUT2D eigenvalue weighted by Gasteiger charge is 2.15. The minimum absolute atomic E-state index is 0.0336. The van der Waals surface area contributed by atoms with Crippen LogP contribution in [0.15, 0.2) is 35.5 Å². The number of phenols is 1. The van der Waals surface area contributed by atoms with E-state index in [9.17, 15) is 9.50 Å². The first-order chi connectivity index (χ1) is 12.6. The zero-order valence-electron chi connectivity index (χ0n) is 14.6. The number of ether oxygens (including phenoxy) is 1. The maximum Gasteiger partial charge on any atom is 0.148 e. The van der Waals surface area contributed by atoms with Gasteiger partial charge in [0.15, 0.2) is 0 Å². The third kappa shape index (κ3) is 4.05. The van der Waals surface area contributed by atoms with Crippen LogP contribution in [-0.4, -0.2) is 42.8 Å². The topological polar surface area (TPSA) is 77.3 Å². The first-order valence-electron chi connectivity index (χ1n) is 8.44. The van der Waals surface area contributed by atoms with Crippen molar-refractivity contribution in [3.05, 3.63) is 52.8 Å². The van der Waals surface area contributed by atoms with Gasteiger partial charge in [0.25, 0.3) is 0 Å². The summed E-state index contributed by atoms with van der Waals surface area (Å²) >= 11 is 0. The van der Waals surface area contributed by atoms with Gasteiger partial charge < -0.3 is 25.3 Å². The molecule has 3 N–H and O–H groups in total. The molecule has 0 saturated carbocycles. The third-order valence-corrected chi connectivity index (χ3v) is 4.34. The van der Waals surface area contributed by atoms with Gasteiger partial charge in [-0.15, -0.1) is 0 Å². The van der Waals surface area contributed by atoms with Crippen molar-refractivity contribution in [2.24, 2.45) is 5.16 Å². The van der Waals surface area contributed by atoms with E-state index >= 15 is 0 Å². The molecule has 7 heteroatoms. The first-order valence-corrected chi connectivity index (χ1v) is 8.44. The van der Waals surface area contributed by atoms with Crippen LogP contribution in [0.25, 0.3) is 0 Å². The van der Waals surface area contributed by atoms with Gasteiger partial charge in [-0.25, -0.2) is 4.39 Å². The second-order valence-electron chi connectivity index (χ2n) is 6.23. The number of anilines is 2. The summed E-state index contributed by atoms with van der Waals surface area (Å²) in [5.74, 6) is -0.259. The number of benzene rings is 2. The highest BCUT2D eigenvalue weighted by molar-refractivity contribution is 5.84. The lowest BCUT2D eigenvalue weighted by Crippen LogP contribution is -2.36. The molecule has 0 aromatic heterocycles. The molecule has 26 heavy (non-hydrogen) atoms. The number of rotatable bonds is 5. The molecule has 0 spiro atoms. The summed E-state index contributed by atoms with van der Waals surface area (Å²) in [6, 6.07) is 8.57. The summed E-state index contributed by atoms with van der Waals surface area (Å²) in [5.41, 5.74) is 3.18. The Balaban J connectivity index is 1.73. The summed E-state index contributed by atoms with van der Waals surface area (Å²) in [6.07, 6.45) is 1.18. The van der Waals surface area contributed by atoms with Gasteiger partial charge in [-0.05, 0) is 36.8 Å². The summed E-state index contributed by atoms with van der Waals surface area (Å²) in [6.45, 7) is 4.76. The molecule has 0 amide bonds. The van der Waals surface area contributed by atoms with E-state index in [0.717, 1.165) is 5.56 Å². The molecule has 138 valence electrons. The average molecular weight is 359 g/mol. The fraction of sp³-hybridized carbons (Fsp3) is 0.316. The zero-order valence-corrected chi connectivity index (χ0v) is 14.6. The van der Waals surface area contributed by atoms with E-state index in [1.807, 2.05) is 24.0 Å². The molecule has 1 aliphatic heterocycles. The SMILES string of the molecule is Cc1cc(/C=N/O)c(O)c(CNc2ccc(N3CCOCC3)c(F)c2)c1. The number of nitrogens with one attached hydrogen (secondary N) is 1. The zero-order chi connectivity index (χ0) is 18.5. The molecular formula is C19H22FN3O3. The molecule has 3 rings (SSSR count). The minimum Gasteiger partial charge on any atom is -0.507 e. The van der Waals surface area contributed by atoms with E-state index in [2.05, 4.69) is 10.5 Å². The predicted molar refractivity (Wildman–Crippen MR) is 99.0 cm³/mol. The highest BCUT2D eigenvalue weighted by Crippen LogP contribution is 2.27. The second kappa shape index (κ2) is 8.05. The highest BCUT2D eigenvalue weighted by atomic mass is 19.1. The van der Waals surface area contributed by atoms with Gasteiger partial charge in [0, 0.05) is 36.4 Å². The number of hydrogen-bond acceptors (Lipinski definition) is 6. The van der Waals surface area contributed by atoms with Crippen LogP contribution in [0.1, 0.15) is 16.7 Å². The lowest BCUT2D eigenvalue weighted by Gasteiger charge is -2.29. The number of hydrogen-bond donors (Lipinski definition) is 3. The van der Waals surface area contributed by atoms with Crippen molar-refractivity contribution in [3.63, 3.8) is 0 Å². The lowest BCUT2D eigenvalue weighted by atomic mass is 10.0. The Morgan fingerprint density at radius 2 is 2.04 bits per heavy atom. The van der Waals surface area contributed by atoms with Gasteiger partial charge in [0.05, 0.1) is 25.1 Å². The average Bonchev–Trinajstić information content (AvgIpc) is 2.64. The fourth-order valence-electron chi connectivity index (χ4n) is 3.05. The molecule has 6 nitrogen and oxygen atoms in total. The normalized spacial score (nSPS) is 14.8. The molecule has 2 aromatic rings. The van der Waals surface area contributed by atoms with E-state index < -0.39 is 0 Å². The first kappa shape index (κ1) is 18.0. The van der Waals surface area contributed by atoms with Gasteiger partial charge in [0.1, 0.15) is 11.6 Å². The van der Waals surface area contributed by atoms with Crippen LogP contribution in [0, 0.1) is 12.7 Å². The van der Waals surface area contributed by atoms with Crippen LogP contribution in [0.4, 0.5) is 15.8 Å². The number of nitrogens with zero attached hydrogens (tertiary/aromatic N) is 2. The van der Waals surface area contributed by atoms with Crippen LogP contribution in [0.5, 0.6) is 5.75 Å². The summed E-state index contributed by atoms with van der Waals surface area (Å²) in [4.78, 5) is 1.97. The quantitative estimate of drug-likeness (QED) is 0.434. The number of morpholine rings is 1. The predicted octanol–water partition coefficient (Wildman–Crippen LogP) is 3.10. The number of halogens is 1. The maximum atomic E-state index is 14.5. The monoisotopic (exact) mass is 359 g/mol. The Morgan fingerprint density at radius 3 is 2.73 bits per heavy atom. The van der Waals surface area contributed by atoms with E-state index in [-0.39, 0.29) is 11.6 Å². The van der Waals surface area contributed by atoms with Crippen LogP contribution in [0.2, 0.25) is 0 Å². The fourth-order valence-corrected chi connectivity index (χ4v) is 3.05. The van der Waals surface area contributed by atoms with Gasteiger partial charge in [-0.1, -0.05) is 11.2 Å². The lowest BCUT2D eigenvalue weighted by molar-refractivity contribution is 0.122. The van der Waals surface area contributed by atoms with Crippen molar-refractivity contribution in [2.75, 3.05) is 36.5 Å². The standard InChI is InChI=1S/C19H22FN3O3/c1-13-8-14(19(24)15(9-13)12-22-25)11-21-16-2-3-18(17(20)10-16)23-4-6-26-7-5-23/h2-3,8-10,12,21,24-25H,4-7,11H2,1H3/b22-12+. The van der Waals surface area contributed by atoms with Crippen LogP contribution in [0.3, 0.4) is 0 Å². The second-order valence-corrected chi connectivity index (χ2v) is 6.23. The molecule has 0 unspecified atom stereocenters. The Kier molecular flexibility index (Phi) is 5.58. The molecule has 0 atom stereocenters. The number of aromatic hydroxyl groups is 1. The molecule has 0 radical (unpaired) electrons. The summed E-state index contributed by atoms with van der Waals surface area (Å²) in [5, 5.41) is 25.0. The van der Waals surface area contributed by atoms with Gasteiger partial charge in [0.2, 0.25) is 0 Å². The van der Waals surface area contributed by atoms with E-state index in [1.54, 1.807) is 12.1 Å². The van der Waals surface area contributed by atoms with Gasteiger partial charge in [-0.3, -0.25) is 0 Å². The molecule has 0 bridgehead atoms. The molecule has 2 aromatic carbocycles. The number of oxime groups is 1. The van der Waals surface area contributed by atoms with Crippen molar-refractivity contribution >= 4 is 17.6 Å². The van der Waals surface area contributed by atoms with E-state index in [1.165, 1.54) is 12.3 Å². The number of phenolic OH excluding ortho intramolecular Hbond substituents is 1. The maximum absolute atomic E-state index is 14.5. The Morgan fingerprint density at radius 1 is 1.27 bits per heavy atom. The molecule has 1 heterocycles. The molecule has 1 fully saturated rings. The van der Waals surface area contributed by atoms with Crippen molar-refractivity contribution in [3.8, 4) is 5.75 Å².